The van der Waals surface area contributed by atoms with Crippen LogP contribution in [0.1, 0.15) is 5.69 Å². The first-order valence-corrected chi connectivity index (χ1v) is 7.24. The van der Waals surface area contributed by atoms with E-state index in [1.807, 2.05) is 25.3 Å². The Morgan fingerprint density at radius 2 is 1.89 bits per heavy atom. The van der Waals surface area contributed by atoms with Crippen LogP contribution in [0.3, 0.4) is 0 Å². The van der Waals surface area contributed by atoms with Crippen molar-refractivity contribution in [1.82, 2.24) is 9.97 Å². The molecule has 0 aliphatic carbocycles. The molecule has 5 nitrogen and oxygen atoms in total. The molecule has 0 amide bonds. The standard InChI is InChI=1S/C13H17N5S/c1-10-9-19-13(16-10)18-6-4-17(5-7-18)11-2-3-12(14)15-8-11/h2-3,8-9H,4-7H2,1H3,(H2,14,15). The van der Waals surface area contributed by atoms with Crippen LogP contribution in [0.4, 0.5) is 16.6 Å². The number of thiazole rings is 1. The van der Waals surface area contributed by atoms with E-state index in [1.165, 1.54) is 0 Å². The summed E-state index contributed by atoms with van der Waals surface area (Å²) in [5.74, 6) is 0.570. The Kier molecular flexibility index (Phi) is 3.25. The predicted octanol–water partition coefficient (Wildman–Crippen LogP) is 1.76. The van der Waals surface area contributed by atoms with Crippen molar-refractivity contribution >= 4 is 28.0 Å². The van der Waals surface area contributed by atoms with Crippen molar-refractivity contribution in [2.45, 2.75) is 6.92 Å². The molecule has 3 heterocycles. The predicted molar refractivity (Wildman–Crippen MR) is 79.9 cm³/mol. The van der Waals surface area contributed by atoms with Crippen molar-refractivity contribution < 1.29 is 0 Å². The number of piperazine rings is 1. The molecule has 6 heteroatoms. The van der Waals surface area contributed by atoms with Gasteiger partial charge in [-0.2, -0.15) is 0 Å². The van der Waals surface area contributed by atoms with E-state index < -0.39 is 0 Å². The molecule has 0 aromatic carbocycles. The van der Waals surface area contributed by atoms with E-state index in [2.05, 4.69) is 25.1 Å². The molecule has 1 fully saturated rings. The van der Waals surface area contributed by atoms with Crippen LogP contribution in [-0.4, -0.2) is 36.1 Å². The third-order valence-electron chi connectivity index (χ3n) is 3.29. The smallest absolute Gasteiger partial charge is 0.185 e. The molecular formula is C13H17N5S. The second-order valence-corrected chi connectivity index (χ2v) is 5.52. The molecular weight excluding hydrogens is 258 g/mol. The first-order valence-electron chi connectivity index (χ1n) is 6.36. The zero-order valence-corrected chi connectivity index (χ0v) is 11.7. The molecule has 19 heavy (non-hydrogen) atoms. The largest absolute Gasteiger partial charge is 0.384 e. The minimum absolute atomic E-state index is 0.570. The Hall–Kier alpha value is -1.82. The van der Waals surface area contributed by atoms with Crippen LogP contribution >= 0.6 is 11.3 Å². The average molecular weight is 275 g/mol. The van der Waals surface area contributed by atoms with Crippen LogP contribution in [0.2, 0.25) is 0 Å². The van der Waals surface area contributed by atoms with Gasteiger partial charge in [-0.3, -0.25) is 0 Å². The Labute approximate surface area is 116 Å². The highest BCUT2D eigenvalue weighted by atomic mass is 32.1. The van der Waals surface area contributed by atoms with E-state index in [-0.39, 0.29) is 0 Å². The van der Waals surface area contributed by atoms with E-state index in [9.17, 15) is 0 Å². The van der Waals surface area contributed by atoms with Gasteiger partial charge < -0.3 is 15.5 Å². The van der Waals surface area contributed by atoms with Crippen LogP contribution in [0, 0.1) is 6.92 Å². The minimum Gasteiger partial charge on any atom is -0.384 e. The van der Waals surface area contributed by atoms with E-state index in [1.54, 1.807) is 11.3 Å². The van der Waals surface area contributed by atoms with Crippen molar-refractivity contribution in [3.05, 3.63) is 29.4 Å². The van der Waals surface area contributed by atoms with Crippen molar-refractivity contribution in [3.63, 3.8) is 0 Å². The molecule has 0 unspecified atom stereocenters. The monoisotopic (exact) mass is 275 g/mol. The van der Waals surface area contributed by atoms with Crippen LogP contribution in [0.15, 0.2) is 23.7 Å². The number of anilines is 3. The zero-order valence-electron chi connectivity index (χ0n) is 10.9. The lowest BCUT2D eigenvalue weighted by Crippen LogP contribution is -2.46. The number of hydrogen-bond acceptors (Lipinski definition) is 6. The van der Waals surface area contributed by atoms with E-state index in [4.69, 9.17) is 5.73 Å². The average Bonchev–Trinajstić information content (AvgIpc) is 2.87. The third kappa shape index (κ3) is 2.63. The summed E-state index contributed by atoms with van der Waals surface area (Å²) in [5, 5.41) is 3.23. The van der Waals surface area contributed by atoms with Crippen LogP contribution in [-0.2, 0) is 0 Å². The third-order valence-corrected chi connectivity index (χ3v) is 4.31. The molecule has 0 saturated carbocycles. The van der Waals surface area contributed by atoms with Crippen LogP contribution < -0.4 is 15.5 Å². The number of nitrogens with two attached hydrogens (primary N) is 1. The van der Waals surface area contributed by atoms with Crippen molar-refractivity contribution in [2.75, 3.05) is 41.7 Å². The molecule has 0 radical (unpaired) electrons. The maximum Gasteiger partial charge on any atom is 0.185 e. The molecule has 0 bridgehead atoms. The summed E-state index contributed by atoms with van der Waals surface area (Å²) in [4.78, 5) is 13.4. The molecule has 1 saturated heterocycles. The molecule has 2 aromatic heterocycles. The maximum atomic E-state index is 5.61. The number of nitrogens with zero attached hydrogens (tertiary/aromatic N) is 4. The normalized spacial score (nSPS) is 15.8. The van der Waals surface area contributed by atoms with Gasteiger partial charge in [0.25, 0.3) is 0 Å². The first-order chi connectivity index (χ1) is 9.22. The van der Waals surface area contributed by atoms with Gasteiger partial charge in [-0.05, 0) is 19.1 Å². The lowest BCUT2D eigenvalue weighted by Gasteiger charge is -2.35. The number of aromatic nitrogens is 2. The summed E-state index contributed by atoms with van der Waals surface area (Å²) in [7, 11) is 0. The SMILES string of the molecule is Cc1csc(N2CCN(c3ccc(N)nc3)CC2)n1. The fourth-order valence-corrected chi connectivity index (χ4v) is 3.08. The minimum atomic E-state index is 0.570. The van der Waals surface area contributed by atoms with Gasteiger partial charge in [-0.25, -0.2) is 9.97 Å². The molecule has 0 atom stereocenters. The molecule has 100 valence electrons. The Morgan fingerprint density at radius 1 is 1.16 bits per heavy atom. The fraction of sp³-hybridized carbons (Fsp3) is 0.385. The van der Waals surface area contributed by atoms with E-state index >= 15 is 0 Å². The summed E-state index contributed by atoms with van der Waals surface area (Å²) >= 11 is 1.72. The molecule has 2 N–H and O–H groups in total. The van der Waals surface area contributed by atoms with Gasteiger partial charge in [-0.15, -0.1) is 11.3 Å². The first kappa shape index (κ1) is 12.2. The quantitative estimate of drug-likeness (QED) is 0.905. The second kappa shape index (κ2) is 5.05. The number of hydrogen-bond donors (Lipinski definition) is 1. The molecule has 3 rings (SSSR count). The zero-order chi connectivity index (χ0) is 13.2. The topological polar surface area (TPSA) is 58.3 Å². The lowest BCUT2D eigenvalue weighted by molar-refractivity contribution is 0.651. The van der Waals surface area contributed by atoms with E-state index in [0.29, 0.717) is 5.82 Å². The number of aryl methyl sites for hydroxylation is 1. The van der Waals surface area contributed by atoms with Crippen molar-refractivity contribution in [1.29, 1.82) is 0 Å². The number of rotatable bonds is 2. The number of nitrogen functional groups attached to an aromatic ring is 1. The highest BCUT2D eigenvalue weighted by molar-refractivity contribution is 7.13. The molecule has 1 aliphatic heterocycles. The Morgan fingerprint density at radius 3 is 2.47 bits per heavy atom. The van der Waals surface area contributed by atoms with Crippen molar-refractivity contribution in [3.8, 4) is 0 Å². The van der Waals surface area contributed by atoms with Gasteiger partial charge in [0.2, 0.25) is 0 Å². The van der Waals surface area contributed by atoms with Crippen LogP contribution in [0.25, 0.3) is 0 Å². The summed E-state index contributed by atoms with van der Waals surface area (Å²) in [6.07, 6.45) is 1.85. The summed E-state index contributed by atoms with van der Waals surface area (Å²) in [6.45, 7) is 6.01. The lowest BCUT2D eigenvalue weighted by atomic mass is 10.3. The molecule has 2 aromatic rings. The summed E-state index contributed by atoms with van der Waals surface area (Å²) in [5.41, 5.74) is 7.86. The summed E-state index contributed by atoms with van der Waals surface area (Å²) in [6, 6.07) is 3.89. The maximum absolute atomic E-state index is 5.61. The highest BCUT2D eigenvalue weighted by Crippen LogP contribution is 2.23. The number of pyridine rings is 1. The van der Waals surface area contributed by atoms with Gasteiger partial charge >= 0.3 is 0 Å². The van der Waals surface area contributed by atoms with Gasteiger partial charge in [0, 0.05) is 31.6 Å². The molecule has 0 spiro atoms. The van der Waals surface area contributed by atoms with Gasteiger partial charge in [0.15, 0.2) is 5.13 Å². The highest BCUT2D eigenvalue weighted by Gasteiger charge is 2.19. The van der Waals surface area contributed by atoms with Crippen LogP contribution in [0.5, 0.6) is 0 Å². The van der Waals surface area contributed by atoms with E-state index in [0.717, 1.165) is 42.7 Å². The van der Waals surface area contributed by atoms with Gasteiger partial charge in [0.1, 0.15) is 5.82 Å². The molecule has 1 aliphatic rings. The van der Waals surface area contributed by atoms with Gasteiger partial charge in [0.05, 0.1) is 17.6 Å². The Bertz CT molecular complexity index is 542. The summed E-state index contributed by atoms with van der Waals surface area (Å²) < 4.78 is 0. The van der Waals surface area contributed by atoms with Gasteiger partial charge in [-0.1, -0.05) is 0 Å². The van der Waals surface area contributed by atoms with Crippen molar-refractivity contribution in [2.24, 2.45) is 0 Å². The fourth-order valence-electron chi connectivity index (χ4n) is 2.23. The Balaban J connectivity index is 1.64. The second-order valence-electron chi connectivity index (χ2n) is 4.69.